The van der Waals surface area contributed by atoms with Crippen LogP contribution in [0.3, 0.4) is 0 Å². The molecule has 0 aromatic heterocycles. The van der Waals surface area contributed by atoms with Crippen molar-refractivity contribution in [3.63, 3.8) is 0 Å². The molecule has 7 unspecified atom stereocenters. The van der Waals surface area contributed by atoms with Crippen LogP contribution in [0.25, 0.3) is 0 Å². The van der Waals surface area contributed by atoms with Crippen LogP contribution < -0.4 is 5.32 Å². The molecule has 6 N–H and O–H groups in total. The van der Waals surface area contributed by atoms with E-state index in [0.29, 0.717) is 6.42 Å². The van der Waals surface area contributed by atoms with Gasteiger partial charge in [0, 0.05) is 6.42 Å². The summed E-state index contributed by atoms with van der Waals surface area (Å²) < 4.78 is 11.2. The lowest BCUT2D eigenvalue weighted by atomic mass is 9.99. The first-order valence-corrected chi connectivity index (χ1v) is 20.1. The summed E-state index contributed by atoms with van der Waals surface area (Å²) in [6.45, 7) is 3.72. The molecule has 0 saturated carbocycles. The van der Waals surface area contributed by atoms with Gasteiger partial charge in [-0.1, -0.05) is 141 Å². The van der Waals surface area contributed by atoms with Crippen molar-refractivity contribution < 1.29 is 39.8 Å². The molecule has 288 valence electrons. The summed E-state index contributed by atoms with van der Waals surface area (Å²) in [5, 5.41) is 53.9. The summed E-state index contributed by atoms with van der Waals surface area (Å²) >= 11 is 0. The highest BCUT2D eigenvalue weighted by Crippen LogP contribution is 2.22. The molecule has 1 heterocycles. The third kappa shape index (κ3) is 23.0. The first-order valence-electron chi connectivity index (χ1n) is 20.1. The number of nitrogens with one attached hydrogen (secondary N) is 1. The molecule has 1 amide bonds. The van der Waals surface area contributed by atoms with Gasteiger partial charge in [0.15, 0.2) is 6.29 Å². The molecule has 9 heteroatoms. The average molecular weight is 698 g/mol. The highest BCUT2D eigenvalue weighted by Gasteiger charge is 2.44. The third-order valence-corrected chi connectivity index (χ3v) is 9.52. The largest absolute Gasteiger partial charge is 0.394 e. The second-order valence-electron chi connectivity index (χ2n) is 14.1. The topological polar surface area (TPSA) is 149 Å². The van der Waals surface area contributed by atoms with Gasteiger partial charge in [-0.3, -0.25) is 4.79 Å². The van der Waals surface area contributed by atoms with E-state index in [2.05, 4.69) is 31.3 Å². The fraction of sp³-hybridized carbons (Fsp3) is 0.875. The molecule has 1 aliphatic rings. The Kier molecular flexibility index (Phi) is 29.3. The van der Waals surface area contributed by atoms with Gasteiger partial charge in [0.1, 0.15) is 24.4 Å². The van der Waals surface area contributed by atoms with Gasteiger partial charge in [0.2, 0.25) is 5.91 Å². The van der Waals surface area contributed by atoms with Gasteiger partial charge in [0.05, 0.1) is 25.4 Å². The van der Waals surface area contributed by atoms with Gasteiger partial charge in [-0.05, 0) is 44.9 Å². The predicted octanol–water partition coefficient (Wildman–Crippen LogP) is 7.16. The normalized spacial score (nSPS) is 22.6. The predicted molar refractivity (Wildman–Crippen MR) is 198 cm³/mol. The second kappa shape index (κ2) is 31.4. The minimum atomic E-state index is -1.56. The van der Waals surface area contributed by atoms with Crippen molar-refractivity contribution in [2.45, 2.75) is 211 Å². The monoisotopic (exact) mass is 698 g/mol. The summed E-state index contributed by atoms with van der Waals surface area (Å²) in [6, 6.07) is -0.804. The molecule has 1 aliphatic heterocycles. The maximum absolute atomic E-state index is 12.9. The molecule has 0 spiro atoms. The van der Waals surface area contributed by atoms with E-state index < -0.39 is 49.5 Å². The molecular formula is C40H75NO8. The molecule has 1 fully saturated rings. The van der Waals surface area contributed by atoms with Crippen LogP contribution in [-0.2, 0) is 14.3 Å². The van der Waals surface area contributed by atoms with Crippen LogP contribution in [0.4, 0.5) is 0 Å². The summed E-state index contributed by atoms with van der Waals surface area (Å²) in [7, 11) is 0. The Hall–Kier alpha value is -1.33. The zero-order valence-electron chi connectivity index (χ0n) is 31.2. The van der Waals surface area contributed by atoms with Crippen molar-refractivity contribution >= 4 is 5.91 Å². The molecule has 0 radical (unpaired) electrons. The van der Waals surface area contributed by atoms with E-state index in [4.69, 9.17) is 9.47 Å². The smallest absolute Gasteiger partial charge is 0.220 e. The Balaban J connectivity index is 2.45. The fourth-order valence-corrected chi connectivity index (χ4v) is 6.21. The molecule has 0 bridgehead atoms. The van der Waals surface area contributed by atoms with E-state index in [0.717, 1.165) is 57.8 Å². The van der Waals surface area contributed by atoms with Gasteiger partial charge in [-0.2, -0.15) is 0 Å². The average Bonchev–Trinajstić information content (AvgIpc) is 3.10. The zero-order chi connectivity index (χ0) is 36.0. The maximum atomic E-state index is 12.9. The Bertz CT molecular complexity index is 822. The minimum absolute atomic E-state index is 0.189. The Morgan fingerprint density at radius 1 is 0.673 bits per heavy atom. The third-order valence-electron chi connectivity index (χ3n) is 9.52. The number of carbonyl (C=O) groups is 1. The number of hydrogen-bond acceptors (Lipinski definition) is 8. The number of rotatable bonds is 32. The van der Waals surface area contributed by atoms with Crippen molar-refractivity contribution in [2.75, 3.05) is 13.2 Å². The van der Waals surface area contributed by atoms with E-state index in [1.54, 1.807) is 6.08 Å². The fourth-order valence-electron chi connectivity index (χ4n) is 6.21. The zero-order valence-corrected chi connectivity index (χ0v) is 31.2. The van der Waals surface area contributed by atoms with Crippen molar-refractivity contribution in [1.82, 2.24) is 5.32 Å². The first-order chi connectivity index (χ1) is 23.8. The SMILES string of the molecule is CCCCCC/C=C\CCCCCCCC(=O)NC(COC1OC(CO)C(O)C(O)C1O)C(O)/C=C/CCCCCCCCCCCCC. The van der Waals surface area contributed by atoms with Gasteiger partial charge >= 0.3 is 0 Å². The van der Waals surface area contributed by atoms with E-state index in [1.165, 1.54) is 89.9 Å². The van der Waals surface area contributed by atoms with Crippen LogP contribution in [0.2, 0.25) is 0 Å². The van der Waals surface area contributed by atoms with Gasteiger partial charge in [-0.15, -0.1) is 0 Å². The molecule has 1 rings (SSSR count). The molecule has 1 saturated heterocycles. The Labute approximate surface area is 298 Å². The number of unbranched alkanes of at least 4 members (excludes halogenated alkanes) is 20. The highest BCUT2D eigenvalue weighted by molar-refractivity contribution is 5.76. The molecule has 0 aromatic carbocycles. The molecule has 0 aromatic rings. The van der Waals surface area contributed by atoms with Crippen LogP contribution >= 0.6 is 0 Å². The lowest BCUT2D eigenvalue weighted by molar-refractivity contribution is -0.302. The molecular weight excluding hydrogens is 622 g/mol. The van der Waals surface area contributed by atoms with Crippen molar-refractivity contribution in [2.24, 2.45) is 0 Å². The summed E-state index contributed by atoms with van der Waals surface area (Å²) in [6.07, 6.45) is 27.8. The molecule has 9 nitrogen and oxygen atoms in total. The van der Waals surface area contributed by atoms with Crippen LogP contribution in [0.15, 0.2) is 24.3 Å². The highest BCUT2D eigenvalue weighted by atomic mass is 16.7. The molecule has 7 atom stereocenters. The second-order valence-corrected chi connectivity index (χ2v) is 14.1. The Morgan fingerprint density at radius 2 is 1.14 bits per heavy atom. The van der Waals surface area contributed by atoms with E-state index in [-0.39, 0.29) is 12.5 Å². The van der Waals surface area contributed by atoms with Gasteiger partial charge in [-0.25, -0.2) is 0 Å². The number of amides is 1. The minimum Gasteiger partial charge on any atom is -0.394 e. The number of hydrogen-bond donors (Lipinski definition) is 6. The number of carbonyl (C=O) groups excluding carboxylic acids is 1. The van der Waals surface area contributed by atoms with Crippen LogP contribution in [0.1, 0.15) is 168 Å². The molecule has 49 heavy (non-hydrogen) atoms. The number of aliphatic hydroxyl groups is 5. The van der Waals surface area contributed by atoms with E-state index >= 15 is 0 Å². The number of aliphatic hydroxyl groups excluding tert-OH is 5. The maximum Gasteiger partial charge on any atom is 0.220 e. The first kappa shape index (κ1) is 45.7. The number of allylic oxidation sites excluding steroid dienone is 3. The lowest BCUT2D eigenvalue weighted by Crippen LogP contribution is -2.60. The quantitative estimate of drug-likeness (QED) is 0.0320. The van der Waals surface area contributed by atoms with Crippen molar-refractivity contribution in [3.8, 4) is 0 Å². The van der Waals surface area contributed by atoms with Crippen LogP contribution in [-0.4, -0.2) is 87.5 Å². The molecule has 0 aliphatic carbocycles. The van der Waals surface area contributed by atoms with Crippen molar-refractivity contribution in [1.29, 1.82) is 0 Å². The van der Waals surface area contributed by atoms with Gasteiger partial charge in [0.25, 0.3) is 0 Å². The summed E-state index contributed by atoms with van der Waals surface area (Å²) in [5.74, 6) is -0.189. The van der Waals surface area contributed by atoms with Crippen LogP contribution in [0, 0.1) is 0 Å². The van der Waals surface area contributed by atoms with E-state index in [1.807, 2.05) is 6.08 Å². The Morgan fingerprint density at radius 3 is 1.67 bits per heavy atom. The van der Waals surface area contributed by atoms with Gasteiger partial charge < -0.3 is 40.3 Å². The van der Waals surface area contributed by atoms with E-state index in [9.17, 15) is 30.3 Å². The van der Waals surface area contributed by atoms with Crippen LogP contribution in [0.5, 0.6) is 0 Å². The van der Waals surface area contributed by atoms with Crippen molar-refractivity contribution in [3.05, 3.63) is 24.3 Å². The standard InChI is InChI=1S/C40H75NO8/c1-3-5-7-9-11-13-15-17-19-21-23-25-27-29-34(43)33(32-48-40-39(47)38(46)37(45)35(31-42)49-40)41-36(44)30-28-26-24-22-20-18-16-14-12-10-8-6-4-2/h14,16,27,29,33-35,37-40,42-43,45-47H,3-13,15,17-26,28,30-32H2,1-2H3,(H,41,44)/b16-14-,29-27+. The number of ether oxygens (including phenoxy) is 2. The summed E-state index contributed by atoms with van der Waals surface area (Å²) in [5.41, 5.74) is 0. The summed E-state index contributed by atoms with van der Waals surface area (Å²) in [4.78, 5) is 12.9. The lowest BCUT2D eigenvalue weighted by Gasteiger charge is -2.40.